The summed E-state index contributed by atoms with van der Waals surface area (Å²) in [6, 6.07) is 4.37. The van der Waals surface area contributed by atoms with Gasteiger partial charge in [-0.15, -0.1) is 0 Å². The normalized spacial score (nSPS) is 15.2. The maximum Gasteiger partial charge on any atom is 0.323 e. The molecule has 0 aliphatic rings. The minimum Gasteiger partial charge on any atom is -0.464 e. The summed E-state index contributed by atoms with van der Waals surface area (Å²) in [5.74, 6) is -0.325. The summed E-state index contributed by atoms with van der Waals surface area (Å²) in [5, 5.41) is 13.2. The zero-order valence-corrected chi connectivity index (χ0v) is 15.3. The molecule has 0 fully saturated rings. The summed E-state index contributed by atoms with van der Waals surface area (Å²) in [5.41, 5.74) is -0.263. The maximum atomic E-state index is 12.4. The Morgan fingerprint density at radius 3 is 2.33 bits per heavy atom. The van der Waals surface area contributed by atoms with Crippen molar-refractivity contribution in [3.8, 4) is 5.75 Å². The molecule has 0 saturated carbocycles. The number of non-ortho nitro benzene ring substituents is 1. The van der Waals surface area contributed by atoms with Gasteiger partial charge in [0.05, 0.1) is 11.5 Å². The number of rotatable bonds is 7. The molecule has 0 aliphatic carbocycles. The second-order valence-corrected chi connectivity index (χ2v) is 8.84. The zero-order chi connectivity index (χ0) is 18.5. The Hall–Kier alpha value is -1.92. The van der Waals surface area contributed by atoms with Crippen LogP contribution in [0.5, 0.6) is 5.75 Å². The number of nitrogens with one attached hydrogen (secondary N) is 1. The molecule has 1 aromatic rings. The number of hydrogen-bond acceptors (Lipinski definition) is 6. The Balaban J connectivity index is 2.63. The SMILES string of the molecule is C[C@H](N[P@](C)(=O)Oc1ccc([N+](=O)[O-])cc1)C(=O)OCC(C)(C)C. The van der Waals surface area contributed by atoms with E-state index in [4.69, 9.17) is 9.26 Å². The lowest BCUT2D eigenvalue weighted by Crippen LogP contribution is -2.35. The highest BCUT2D eigenvalue weighted by Crippen LogP contribution is 2.39. The van der Waals surface area contributed by atoms with Crippen LogP contribution in [0.1, 0.15) is 27.7 Å². The van der Waals surface area contributed by atoms with E-state index in [1.165, 1.54) is 37.9 Å². The molecule has 0 aliphatic heterocycles. The van der Waals surface area contributed by atoms with E-state index in [9.17, 15) is 19.5 Å². The first-order chi connectivity index (χ1) is 10.9. The Bertz CT molecular complexity index is 638. The highest BCUT2D eigenvalue weighted by atomic mass is 31.2. The van der Waals surface area contributed by atoms with Gasteiger partial charge >= 0.3 is 13.5 Å². The number of nitro benzene ring substituents is 1. The summed E-state index contributed by atoms with van der Waals surface area (Å²) in [7, 11) is -3.35. The van der Waals surface area contributed by atoms with Gasteiger partial charge < -0.3 is 9.26 Å². The molecule has 0 bridgehead atoms. The summed E-state index contributed by atoms with van der Waals surface area (Å²) in [6.45, 7) is 8.89. The van der Waals surface area contributed by atoms with Crippen LogP contribution in [0.15, 0.2) is 24.3 Å². The molecule has 8 nitrogen and oxygen atoms in total. The molecule has 1 aromatic carbocycles. The molecule has 0 aromatic heterocycles. The van der Waals surface area contributed by atoms with Crippen molar-refractivity contribution < 1.29 is 23.5 Å². The van der Waals surface area contributed by atoms with E-state index in [1.807, 2.05) is 20.8 Å². The molecule has 0 saturated heterocycles. The van der Waals surface area contributed by atoms with Crippen LogP contribution in [0.3, 0.4) is 0 Å². The Morgan fingerprint density at radius 2 is 1.88 bits per heavy atom. The molecule has 0 unspecified atom stereocenters. The van der Waals surface area contributed by atoms with E-state index in [2.05, 4.69) is 5.09 Å². The Morgan fingerprint density at radius 1 is 1.33 bits per heavy atom. The van der Waals surface area contributed by atoms with Crippen molar-refractivity contribution in [3.63, 3.8) is 0 Å². The first-order valence-electron chi connectivity index (χ1n) is 7.36. The van der Waals surface area contributed by atoms with Gasteiger partial charge in [0.15, 0.2) is 0 Å². The van der Waals surface area contributed by atoms with Gasteiger partial charge in [-0.1, -0.05) is 20.8 Å². The Kier molecular flexibility index (Phi) is 6.51. The van der Waals surface area contributed by atoms with Crippen molar-refractivity contribution in [1.29, 1.82) is 0 Å². The van der Waals surface area contributed by atoms with E-state index in [0.29, 0.717) is 0 Å². The number of nitro groups is 1. The van der Waals surface area contributed by atoms with Crippen LogP contribution in [-0.4, -0.2) is 30.2 Å². The zero-order valence-electron chi connectivity index (χ0n) is 14.4. The molecule has 1 N–H and O–H groups in total. The number of carbonyl (C=O) groups excluding carboxylic acids is 1. The van der Waals surface area contributed by atoms with Crippen LogP contribution < -0.4 is 9.61 Å². The third kappa shape index (κ3) is 7.10. The van der Waals surface area contributed by atoms with Crippen molar-refractivity contribution in [3.05, 3.63) is 34.4 Å². The summed E-state index contributed by atoms with van der Waals surface area (Å²) in [6.07, 6.45) is 0. The summed E-state index contributed by atoms with van der Waals surface area (Å²) >= 11 is 0. The van der Waals surface area contributed by atoms with Crippen LogP contribution in [-0.2, 0) is 14.1 Å². The first-order valence-corrected chi connectivity index (χ1v) is 9.43. The molecular weight excluding hydrogens is 335 g/mol. The fraction of sp³-hybridized carbons (Fsp3) is 0.533. The van der Waals surface area contributed by atoms with Gasteiger partial charge in [0.2, 0.25) is 0 Å². The van der Waals surface area contributed by atoms with Crippen molar-refractivity contribution in [1.82, 2.24) is 5.09 Å². The number of esters is 1. The van der Waals surface area contributed by atoms with E-state index in [1.54, 1.807) is 0 Å². The highest BCUT2D eigenvalue weighted by molar-refractivity contribution is 7.56. The molecule has 0 radical (unpaired) electrons. The van der Waals surface area contributed by atoms with Crippen LogP contribution in [0.25, 0.3) is 0 Å². The van der Waals surface area contributed by atoms with Gasteiger partial charge in [-0.3, -0.25) is 19.5 Å². The van der Waals surface area contributed by atoms with Gasteiger partial charge in [0.1, 0.15) is 11.8 Å². The molecule has 0 amide bonds. The number of ether oxygens (including phenoxy) is 1. The molecule has 2 atom stereocenters. The lowest BCUT2D eigenvalue weighted by atomic mass is 9.99. The van der Waals surface area contributed by atoms with E-state index in [-0.39, 0.29) is 23.5 Å². The van der Waals surface area contributed by atoms with Gasteiger partial charge in [-0.25, -0.2) is 5.09 Å². The lowest BCUT2D eigenvalue weighted by Gasteiger charge is -2.22. The smallest absolute Gasteiger partial charge is 0.323 e. The number of nitrogens with zero attached hydrogens (tertiary/aromatic N) is 1. The van der Waals surface area contributed by atoms with Gasteiger partial charge in [-0.2, -0.15) is 0 Å². The van der Waals surface area contributed by atoms with Crippen LogP contribution in [0.4, 0.5) is 5.69 Å². The molecule has 134 valence electrons. The number of benzene rings is 1. The topological polar surface area (TPSA) is 108 Å². The molecular formula is C15H23N2O6P. The first kappa shape index (κ1) is 20.1. The highest BCUT2D eigenvalue weighted by Gasteiger charge is 2.26. The Labute approximate surface area is 141 Å². The van der Waals surface area contributed by atoms with Crippen LogP contribution >= 0.6 is 7.52 Å². The third-order valence-electron chi connectivity index (χ3n) is 2.76. The van der Waals surface area contributed by atoms with Crippen molar-refractivity contribution in [2.24, 2.45) is 5.41 Å². The van der Waals surface area contributed by atoms with E-state index >= 15 is 0 Å². The van der Waals surface area contributed by atoms with Crippen molar-refractivity contribution in [2.75, 3.05) is 13.3 Å². The summed E-state index contributed by atoms with van der Waals surface area (Å²) in [4.78, 5) is 22.0. The van der Waals surface area contributed by atoms with Gasteiger partial charge in [0, 0.05) is 18.8 Å². The minimum atomic E-state index is -3.35. The number of hydrogen-bond donors (Lipinski definition) is 1. The van der Waals surface area contributed by atoms with Crippen molar-refractivity contribution >= 4 is 19.2 Å². The molecule has 0 heterocycles. The molecule has 9 heteroatoms. The fourth-order valence-corrected chi connectivity index (χ4v) is 3.06. The maximum absolute atomic E-state index is 12.4. The second-order valence-electron chi connectivity index (χ2n) is 6.71. The van der Waals surface area contributed by atoms with Gasteiger partial charge in [-0.05, 0) is 24.5 Å². The third-order valence-corrected chi connectivity index (χ3v) is 4.17. The van der Waals surface area contributed by atoms with Gasteiger partial charge in [0.25, 0.3) is 5.69 Å². The predicted molar refractivity (Wildman–Crippen MR) is 90.3 cm³/mol. The second kappa shape index (κ2) is 7.77. The predicted octanol–water partition coefficient (Wildman–Crippen LogP) is 3.36. The quantitative estimate of drug-likeness (QED) is 0.344. The largest absolute Gasteiger partial charge is 0.464 e. The number of carbonyl (C=O) groups is 1. The summed E-state index contributed by atoms with van der Waals surface area (Å²) < 4.78 is 22.9. The lowest BCUT2D eigenvalue weighted by molar-refractivity contribution is -0.384. The van der Waals surface area contributed by atoms with Crippen LogP contribution in [0.2, 0.25) is 0 Å². The molecule has 0 spiro atoms. The fourth-order valence-electron chi connectivity index (χ4n) is 1.67. The minimum absolute atomic E-state index is 0.0969. The monoisotopic (exact) mass is 358 g/mol. The molecule has 24 heavy (non-hydrogen) atoms. The average molecular weight is 358 g/mol. The average Bonchev–Trinajstić information content (AvgIpc) is 2.43. The van der Waals surface area contributed by atoms with E-state index in [0.717, 1.165) is 0 Å². The molecule has 1 rings (SSSR count). The van der Waals surface area contributed by atoms with Crippen LogP contribution in [0, 0.1) is 15.5 Å². The van der Waals surface area contributed by atoms with Crippen molar-refractivity contribution in [2.45, 2.75) is 33.7 Å². The standard InChI is InChI=1S/C15H23N2O6P/c1-11(14(18)22-10-15(2,3)4)16-24(5,21)23-13-8-6-12(7-9-13)17(19)20/h6-9,11H,10H2,1-5H3,(H,16,21)/t11-,24+/m0/s1. The van der Waals surface area contributed by atoms with E-state index < -0.39 is 24.5 Å².